The summed E-state index contributed by atoms with van der Waals surface area (Å²) in [7, 11) is 0. The Kier molecular flexibility index (Phi) is 2.71. The van der Waals surface area contributed by atoms with Crippen molar-refractivity contribution >= 4 is 5.84 Å². The highest BCUT2D eigenvalue weighted by Crippen LogP contribution is 2.20. The number of aryl methyl sites for hydroxylation is 1. The van der Waals surface area contributed by atoms with Crippen molar-refractivity contribution in [2.24, 2.45) is 10.9 Å². The third-order valence-electron chi connectivity index (χ3n) is 2.75. The summed E-state index contributed by atoms with van der Waals surface area (Å²) in [6, 6.07) is 2.00. The molecule has 0 spiro atoms. The zero-order valence-electron chi connectivity index (χ0n) is 9.57. The van der Waals surface area contributed by atoms with Crippen LogP contribution in [0.2, 0.25) is 0 Å². The quantitative estimate of drug-likeness (QED) is 0.690. The second-order valence-corrected chi connectivity index (χ2v) is 4.31. The van der Waals surface area contributed by atoms with E-state index in [0.29, 0.717) is 5.92 Å². The molecule has 1 aliphatic heterocycles. The fourth-order valence-corrected chi connectivity index (χ4v) is 1.71. The van der Waals surface area contributed by atoms with Crippen LogP contribution in [0.3, 0.4) is 0 Å². The van der Waals surface area contributed by atoms with Gasteiger partial charge in [-0.2, -0.15) is 5.10 Å². The van der Waals surface area contributed by atoms with Crippen LogP contribution in [0.1, 0.15) is 32.4 Å². The van der Waals surface area contributed by atoms with Crippen LogP contribution in [-0.2, 0) is 0 Å². The maximum atomic E-state index is 4.47. The maximum Gasteiger partial charge on any atom is 0.130 e. The molecule has 1 aromatic rings. The lowest BCUT2D eigenvalue weighted by molar-refractivity contribution is 0.700. The third kappa shape index (κ3) is 2.17. The first-order valence-corrected chi connectivity index (χ1v) is 5.45. The number of hydrogen-bond donors (Lipinski definition) is 0. The van der Waals surface area contributed by atoms with Crippen LogP contribution >= 0.6 is 0 Å². The van der Waals surface area contributed by atoms with Gasteiger partial charge in [-0.1, -0.05) is 13.8 Å². The first-order valence-electron chi connectivity index (χ1n) is 5.45. The summed E-state index contributed by atoms with van der Waals surface area (Å²) < 4.78 is 1.88. The summed E-state index contributed by atoms with van der Waals surface area (Å²) in [6.45, 7) is 6.42. The van der Waals surface area contributed by atoms with Crippen molar-refractivity contribution in [2.45, 2.75) is 33.6 Å². The van der Waals surface area contributed by atoms with Gasteiger partial charge in [0.25, 0.3) is 0 Å². The van der Waals surface area contributed by atoms with Crippen LogP contribution in [0, 0.1) is 12.8 Å². The van der Waals surface area contributed by atoms with E-state index in [1.807, 2.05) is 30.1 Å². The first-order chi connectivity index (χ1) is 7.16. The monoisotopic (exact) mass is 203 g/mol. The minimum absolute atomic E-state index is 0.606. The lowest BCUT2D eigenvalue weighted by Gasteiger charge is -2.15. The molecule has 0 unspecified atom stereocenters. The predicted octanol–water partition coefficient (Wildman–Crippen LogP) is 2.77. The molecule has 1 aliphatic rings. The highest BCUT2D eigenvalue weighted by Gasteiger charge is 2.12. The number of rotatable bonds is 1. The van der Waals surface area contributed by atoms with Gasteiger partial charge in [-0.3, -0.25) is 0 Å². The molecule has 0 fully saturated rings. The van der Waals surface area contributed by atoms with Crippen molar-refractivity contribution in [1.29, 1.82) is 0 Å². The van der Waals surface area contributed by atoms with Crippen LogP contribution in [-0.4, -0.2) is 15.6 Å². The largest absolute Gasteiger partial charge is 0.241 e. The summed E-state index contributed by atoms with van der Waals surface area (Å²) in [5, 5.41) is 4.36. The number of aliphatic imine (C=N–C) groups is 1. The van der Waals surface area contributed by atoms with Gasteiger partial charge in [-0.15, -0.1) is 0 Å². The van der Waals surface area contributed by atoms with Gasteiger partial charge in [0.2, 0.25) is 0 Å². The molecule has 0 aromatic carbocycles. The van der Waals surface area contributed by atoms with Crippen molar-refractivity contribution < 1.29 is 0 Å². The molecule has 0 saturated carbocycles. The van der Waals surface area contributed by atoms with Gasteiger partial charge in [-0.05, 0) is 30.9 Å². The molecule has 0 N–H and O–H groups in total. The van der Waals surface area contributed by atoms with Crippen LogP contribution in [0.25, 0.3) is 0 Å². The van der Waals surface area contributed by atoms with E-state index in [1.165, 1.54) is 5.57 Å². The van der Waals surface area contributed by atoms with Crippen molar-refractivity contribution in [3.8, 4) is 0 Å². The zero-order chi connectivity index (χ0) is 10.8. The van der Waals surface area contributed by atoms with Gasteiger partial charge in [-0.25, -0.2) is 9.67 Å². The van der Waals surface area contributed by atoms with Gasteiger partial charge in [0, 0.05) is 18.8 Å². The van der Waals surface area contributed by atoms with E-state index in [1.54, 1.807) is 0 Å². The van der Waals surface area contributed by atoms with Gasteiger partial charge >= 0.3 is 0 Å². The van der Waals surface area contributed by atoms with E-state index in [0.717, 1.165) is 24.4 Å². The normalized spacial score (nSPS) is 16.5. The van der Waals surface area contributed by atoms with E-state index in [2.05, 4.69) is 23.9 Å². The van der Waals surface area contributed by atoms with Crippen LogP contribution < -0.4 is 0 Å². The molecule has 0 amide bonds. The summed E-state index contributed by atoms with van der Waals surface area (Å²) in [5.74, 6) is 1.65. The average molecular weight is 203 g/mol. The second kappa shape index (κ2) is 4.01. The molecule has 1 aromatic heterocycles. The van der Waals surface area contributed by atoms with Crippen LogP contribution in [0.15, 0.2) is 29.0 Å². The fourth-order valence-electron chi connectivity index (χ4n) is 1.71. The molecule has 15 heavy (non-hydrogen) atoms. The highest BCUT2D eigenvalue weighted by atomic mass is 15.3. The molecular formula is C12H17N3. The Labute approximate surface area is 90.5 Å². The Balaban J connectivity index is 2.20. The summed E-state index contributed by atoms with van der Waals surface area (Å²) in [6.07, 6.45) is 6.07. The minimum atomic E-state index is 0.606. The van der Waals surface area contributed by atoms with Crippen molar-refractivity contribution in [3.05, 3.63) is 29.7 Å². The van der Waals surface area contributed by atoms with Crippen molar-refractivity contribution in [2.75, 3.05) is 0 Å². The van der Waals surface area contributed by atoms with Crippen LogP contribution in [0.5, 0.6) is 0 Å². The number of allylic oxidation sites excluding steroid dienone is 1. The topological polar surface area (TPSA) is 30.2 Å². The molecule has 0 aliphatic carbocycles. The van der Waals surface area contributed by atoms with E-state index < -0.39 is 0 Å². The Hall–Kier alpha value is -1.38. The van der Waals surface area contributed by atoms with E-state index in [4.69, 9.17) is 0 Å². The van der Waals surface area contributed by atoms with E-state index in [9.17, 15) is 0 Å². The van der Waals surface area contributed by atoms with Gasteiger partial charge in [0.05, 0.1) is 5.69 Å². The fraction of sp³-hybridized carbons (Fsp3) is 0.500. The molecule has 0 bridgehead atoms. The average Bonchev–Trinajstić information content (AvgIpc) is 2.65. The minimum Gasteiger partial charge on any atom is -0.241 e. The van der Waals surface area contributed by atoms with Gasteiger partial charge < -0.3 is 0 Å². The smallest absolute Gasteiger partial charge is 0.130 e. The lowest BCUT2D eigenvalue weighted by atomic mass is 9.98. The molecule has 80 valence electrons. The molecule has 0 saturated heterocycles. The van der Waals surface area contributed by atoms with Crippen LogP contribution in [0.4, 0.5) is 0 Å². The molecule has 0 radical (unpaired) electrons. The first kappa shape index (κ1) is 10.1. The molecule has 0 atom stereocenters. The second-order valence-electron chi connectivity index (χ2n) is 4.31. The maximum absolute atomic E-state index is 4.47. The SMILES string of the molecule is Cc1ccn(C2=NC=C(C(C)C)CC2)n1. The summed E-state index contributed by atoms with van der Waals surface area (Å²) >= 11 is 0. The molecule has 3 heteroatoms. The number of hydrogen-bond acceptors (Lipinski definition) is 2. The third-order valence-corrected chi connectivity index (χ3v) is 2.75. The van der Waals surface area contributed by atoms with Gasteiger partial charge in [0.15, 0.2) is 0 Å². The molecule has 3 nitrogen and oxygen atoms in total. The number of aromatic nitrogens is 2. The van der Waals surface area contributed by atoms with E-state index >= 15 is 0 Å². The summed E-state index contributed by atoms with van der Waals surface area (Å²) in [5.41, 5.74) is 2.47. The molecule has 2 rings (SSSR count). The Morgan fingerprint density at radius 1 is 1.33 bits per heavy atom. The molecular weight excluding hydrogens is 186 g/mol. The molecule has 2 heterocycles. The lowest BCUT2D eigenvalue weighted by Crippen LogP contribution is -2.16. The van der Waals surface area contributed by atoms with Gasteiger partial charge in [0.1, 0.15) is 5.84 Å². The van der Waals surface area contributed by atoms with Crippen molar-refractivity contribution in [3.63, 3.8) is 0 Å². The van der Waals surface area contributed by atoms with Crippen molar-refractivity contribution in [1.82, 2.24) is 9.78 Å². The Morgan fingerprint density at radius 2 is 2.13 bits per heavy atom. The number of nitrogens with zero attached hydrogens (tertiary/aromatic N) is 3. The zero-order valence-corrected chi connectivity index (χ0v) is 9.57. The Bertz CT molecular complexity index is 410. The summed E-state index contributed by atoms with van der Waals surface area (Å²) in [4.78, 5) is 4.47. The standard InChI is InChI=1S/C12H17N3/c1-9(2)11-4-5-12(13-8-11)15-7-6-10(3)14-15/h6-9H,4-5H2,1-3H3. The predicted molar refractivity (Wildman–Crippen MR) is 62.0 cm³/mol. The highest BCUT2D eigenvalue weighted by molar-refractivity contribution is 5.85. The van der Waals surface area contributed by atoms with E-state index in [-0.39, 0.29) is 0 Å². The Morgan fingerprint density at radius 3 is 2.60 bits per heavy atom.